The van der Waals surface area contributed by atoms with Crippen molar-refractivity contribution >= 4 is 39.8 Å². The molecule has 7 heteroatoms. The summed E-state index contributed by atoms with van der Waals surface area (Å²) in [5, 5.41) is 19.8. The second-order valence-electron chi connectivity index (χ2n) is 6.92. The minimum Gasteiger partial charge on any atom is -0.378 e. The lowest BCUT2D eigenvalue weighted by Crippen LogP contribution is -2.24. The lowest BCUT2D eigenvalue weighted by Gasteiger charge is -2.22. The zero-order valence-electron chi connectivity index (χ0n) is 15.5. The van der Waals surface area contributed by atoms with Crippen LogP contribution in [0.1, 0.15) is 12.5 Å². The predicted molar refractivity (Wildman–Crippen MR) is 111 cm³/mol. The van der Waals surface area contributed by atoms with Gasteiger partial charge in [-0.15, -0.1) is 16.6 Å². The Kier molecular flexibility index (Phi) is 4.42. The standard InChI is InChI=1S/C21H18ClN5O/c1-4-21(2,28)12-14-6-5-7-16(10-14)26(3)19-17-9-8-15(22)11-18(17)27-13-23-25-20(27)24-19/h1,5-11,13,28H,12H2,2-3H3. The van der Waals surface area contributed by atoms with Crippen molar-refractivity contribution < 1.29 is 5.11 Å². The number of benzene rings is 2. The van der Waals surface area contributed by atoms with E-state index < -0.39 is 5.60 Å². The van der Waals surface area contributed by atoms with Gasteiger partial charge in [-0.1, -0.05) is 29.7 Å². The molecule has 1 atom stereocenters. The third-order valence-electron chi connectivity index (χ3n) is 4.67. The Bertz CT molecular complexity index is 1220. The van der Waals surface area contributed by atoms with Gasteiger partial charge in [-0.25, -0.2) is 0 Å². The Morgan fingerprint density at radius 3 is 2.89 bits per heavy atom. The van der Waals surface area contributed by atoms with Gasteiger partial charge in [0.05, 0.1) is 5.52 Å². The second kappa shape index (κ2) is 6.79. The van der Waals surface area contributed by atoms with Crippen LogP contribution in [0, 0.1) is 12.3 Å². The van der Waals surface area contributed by atoms with E-state index >= 15 is 0 Å². The molecule has 0 saturated carbocycles. The minimum atomic E-state index is -1.20. The van der Waals surface area contributed by atoms with Crippen molar-refractivity contribution in [1.29, 1.82) is 0 Å². The molecule has 4 rings (SSSR count). The van der Waals surface area contributed by atoms with Crippen LogP contribution in [-0.4, -0.2) is 37.3 Å². The summed E-state index contributed by atoms with van der Waals surface area (Å²) < 4.78 is 1.80. The quantitative estimate of drug-likeness (QED) is 0.538. The summed E-state index contributed by atoms with van der Waals surface area (Å²) in [5.74, 6) is 3.63. The van der Waals surface area contributed by atoms with E-state index in [-0.39, 0.29) is 0 Å². The lowest BCUT2D eigenvalue weighted by molar-refractivity contribution is 0.123. The first-order valence-corrected chi connectivity index (χ1v) is 9.07. The maximum Gasteiger partial charge on any atom is 0.257 e. The zero-order chi connectivity index (χ0) is 19.9. The van der Waals surface area contributed by atoms with Gasteiger partial charge in [0.15, 0.2) is 0 Å². The van der Waals surface area contributed by atoms with Gasteiger partial charge < -0.3 is 10.0 Å². The number of terminal acetylenes is 1. The predicted octanol–water partition coefficient (Wildman–Crippen LogP) is 3.63. The largest absolute Gasteiger partial charge is 0.378 e. The molecule has 0 aliphatic heterocycles. The Labute approximate surface area is 167 Å². The van der Waals surface area contributed by atoms with Crippen LogP contribution in [-0.2, 0) is 6.42 Å². The highest BCUT2D eigenvalue weighted by molar-refractivity contribution is 6.31. The molecule has 0 amide bonds. The summed E-state index contributed by atoms with van der Waals surface area (Å²) in [4.78, 5) is 6.65. The smallest absolute Gasteiger partial charge is 0.257 e. The van der Waals surface area contributed by atoms with Crippen LogP contribution in [0.4, 0.5) is 11.5 Å². The Morgan fingerprint density at radius 2 is 2.11 bits per heavy atom. The third-order valence-corrected chi connectivity index (χ3v) is 4.91. The fourth-order valence-corrected chi connectivity index (χ4v) is 3.39. The maximum absolute atomic E-state index is 10.2. The number of nitrogens with zero attached hydrogens (tertiary/aromatic N) is 5. The van der Waals surface area contributed by atoms with Crippen molar-refractivity contribution in [2.75, 3.05) is 11.9 Å². The number of rotatable bonds is 4. The number of fused-ring (bicyclic) bond motifs is 3. The van der Waals surface area contributed by atoms with E-state index in [0.29, 0.717) is 17.2 Å². The number of hydrogen-bond acceptors (Lipinski definition) is 5. The van der Waals surface area contributed by atoms with E-state index in [0.717, 1.165) is 28.0 Å². The molecule has 0 radical (unpaired) electrons. The van der Waals surface area contributed by atoms with E-state index in [1.165, 1.54) is 0 Å². The van der Waals surface area contributed by atoms with Crippen LogP contribution in [0.5, 0.6) is 0 Å². The highest BCUT2D eigenvalue weighted by atomic mass is 35.5. The van der Waals surface area contributed by atoms with Gasteiger partial charge in [-0.3, -0.25) is 4.40 Å². The lowest BCUT2D eigenvalue weighted by atomic mass is 9.97. The van der Waals surface area contributed by atoms with E-state index in [4.69, 9.17) is 18.0 Å². The Balaban J connectivity index is 1.83. The topological polar surface area (TPSA) is 66.5 Å². The van der Waals surface area contributed by atoms with Crippen molar-refractivity contribution in [1.82, 2.24) is 19.6 Å². The molecular weight excluding hydrogens is 374 g/mol. The van der Waals surface area contributed by atoms with Crippen LogP contribution in [0.25, 0.3) is 16.7 Å². The fourth-order valence-electron chi connectivity index (χ4n) is 3.22. The monoisotopic (exact) mass is 391 g/mol. The summed E-state index contributed by atoms with van der Waals surface area (Å²) in [6, 6.07) is 13.5. The molecule has 0 spiro atoms. The summed E-state index contributed by atoms with van der Waals surface area (Å²) in [5.41, 5.74) is 1.52. The van der Waals surface area contributed by atoms with Gasteiger partial charge in [0.2, 0.25) is 0 Å². The first kappa shape index (κ1) is 18.2. The van der Waals surface area contributed by atoms with Crippen molar-refractivity contribution in [3.63, 3.8) is 0 Å². The molecule has 1 N–H and O–H groups in total. The molecule has 2 aromatic heterocycles. The molecule has 0 saturated heterocycles. The molecule has 0 aliphatic rings. The third kappa shape index (κ3) is 3.26. The van der Waals surface area contributed by atoms with E-state index in [1.807, 2.05) is 54.4 Å². The molecule has 28 heavy (non-hydrogen) atoms. The van der Waals surface area contributed by atoms with Gasteiger partial charge in [0.1, 0.15) is 17.7 Å². The summed E-state index contributed by atoms with van der Waals surface area (Å²) in [6.45, 7) is 1.63. The zero-order valence-corrected chi connectivity index (χ0v) is 16.2. The molecule has 0 aliphatic carbocycles. The van der Waals surface area contributed by atoms with Crippen LogP contribution in [0.2, 0.25) is 5.02 Å². The number of halogens is 1. The van der Waals surface area contributed by atoms with Crippen molar-refractivity contribution in [2.45, 2.75) is 18.9 Å². The molecule has 2 aromatic carbocycles. The first-order chi connectivity index (χ1) is 13.4. The number of anilines is 2. The van der Waals surface area contributed by atoms with Crippen molar-refractivity contribution in [3.05, 3.63) is 59.4 Å². The van der Waals surface area contributed by atoms with Gasteiger partial charge >= 0.3 is 0 Å². The van der Waals surface area contributed by atoms with Crippen LogP contribution in [0.15, 0.2) is 48.8 Å². The van der Waals surface area contributed by atoms with Crippen LogP contribution < -0.4 is 4.90 Å². The molecule has 6 nitrogen and oxygen atoms in total. The number of aromatic nitrogens is 4. The molecular formula is C21H18ClN5O. The van der Waals surface area contributed by atoms with Crippen LogP contribution in [0.3, 0.4) is 0 Å². The maximum atomic E-state index is 10.2. The average molecular weight is 392 g/mol. The molecule has 0 bridgehead atoms. The van der Waals surface area contributed by atoms with E-state index in [1.54, 1.807) is 17.7 Å². The highest BCUT2D eigenvalue weighted by Crippen LogP contribution is 2.32. The van der Waals surface area contributed by atoms with Crippen molar-refractivity contribution in [3.8, 4) is 12.3 Å². The minimum absolute atomic E-state index is 0.359. The fraction of sp³-hybridized carbons (Fsp3) is 0.190. The molecule has 0 fully saturated rings. The normalized spacial score (nSPS) is 13.4. The van der Waals surface area contributed by atoms with E-state index in [9.17, 15) is 5.11 Å². The molecule has 1 unspecified atom stereocenters. The van der Waals surface area contributed by atoms with Gasteiger partial charge in [0.25, 0.3) is 5.78 Å². The summed E-state index contributed by atoms with van der Waals surface area (Å²) >= 11 is 6.20. The first-order valence-electron chi connectivity index (χ1n) is 8.70. The molecule has 140 valence electrons. The molecule has 2 heterocycles. The number of hydrogen-bond donors (Lipinski definition) is 1. The van der Waals surface area contributed by atoms with Gasteiger partial charge in [0, 0.05) is 29.6 Å². The van der Waals surface area contributed by atoms with Gasteiger partial charge in [-0.05, 0) is 42.8 Å². The number of aliphatic hydroxyl groups is 1. The van der Waals surface area contributed by atoms with Crippen molar-refractivity contribution in [2.24, 2.45) is 0 Å². The Morgan fingerprint density at radius 1 is 1.29 bits per heavy atom. The second-order valence-corrected chi connectivity index (χ2v) is 7.36. The van der Waals surface area contributed by atoms with Crippen LogP contribution >= 0.6 is 11.6 Å². The Hall–Kier alpha value is -3.14. The SMILES string of the molecule is C#CC(C)(O)Cc1cccc(N(C)c2nc3nncn3c3cc(Cl)ccc23)c1. The summed E-state index contributed by atoms with van der Waals surface area (Å²) in [6.07, 6.45) is 7.39. The average Bonchev–Trinajstić information content (AvgIpc) is 3.15. The highest BCUT2D eigenvalue weighted by Gasteiger charge is 2.19. The molecule has 4 aromatic rings. The van der Waals surface area contributed by atoms with E-state index in [2.05, 4.69) is 21.1 Å². The summed E-state index contributed by atoms with van der Waals surface area (Å²) in [7, 11) is 1.93. The van der Waals surface area contributed by atoms with Gasteiger partial charge in [-0.2, -0.15) is 4.98 Å².